The average Bonchev–Trinajstić information content (AvgIpc) is 3.02. The maximum atomic E-state index is 12.4. The fourth-order valence-corrected chi connectivity index (χ4v) is 3.23. The number of halogens is 1. The van der Waals surface area contributed by atoms with Crippen LogP contribution in [0.5, 0.6) is 5.75 Å². The first-order chi connectivity index (χ1) is 13.9. The molecule has 1 heterocycles. The summed E-state index contributed by atoms with van der Waals surface area (Å²) in [5.41, 5.74) is 0.523. The van der Waals surface area contributed by atoms with Crippen LogP contribution in [-0.4, -0.2) is 51.2 Å². The van der Waals surface area contributed by atoms with E-state index in [1.165, 1.54) is 0 Å². The lowest BCUT2D eigenvalue weighted by Crippen LogP contribution is -2.34. The average molecular weight is 440 g/mol. The number of nitrogens with zero attached hydrogens (tertiary/aromatic N) is 3. The number of carbonyl (C=O) groups is 2. The van der Waals surface area contributed by atoms with E-state index < -0.39 is 0 Å². The molecule has 0 radical (unpaired) electrons. The van der Waals surface area contributed by atoms with Gasteiger partial charge in [-0.2, -0.15) is 5.10 Å². The van der Waals surface area contributed by atoms with Crippen LogP contribution in [0.15, 0.2) is 18.2 Å². The van der Waals surface area contributed by atoms with Gasteiger partial charge in [-0.05, 0) is 50.7 Å². The van der Waals surface area contributed by atoms with Crippen LogP contribution in [0.2, 0.25) is 5.02 Å². The highest BCUT2D eigenvalue weighted by molar-refractivity contribution is 7.71. The standard InChI is InChI=1S/C19H26ClN5O3S/c1-4-7-16-22-23-19(29)25(16)11-17(26)21-13-8-9-15(14(20)10-13)28-12-18(27)24(5-2)6-3/h8-10H,4-7,11-12H2,1-3H3,(H,21,26)(H,23,29). The Hall–Kier alpha value is -2.39. The van der Waals surface area contributed by atoms with Crippen molar-refractivity contribution in [1.82, 2.24) is 19.7 Å². The van der Waals surface area contributed by atoms with E-state index in [0.29, 0.717) is 34.3 Å². The molecule has 0 atom stereocenters. The van der Waals surface area contributed by atoms with Crippen molar-refractivity contribution in [3.63, 3.8) is 0 Å². The van der Waals surface area contributed by atoms with Gasteiger partial charge < -0.3 is 15.0 Å². The molecule has 2 rings (SSSR count). The monoisotopic (exact) mass is 439 g/mol. The fraction of sp³-hybridized carbons (Fsp3) is 0.474. The maximum Gasteiger partial charge on any atom is 0.260 e. The number of benzene rings is 1. The first-order valence-corrected chi connectivity index (χ1v) is 10.3. The highest BCUT2D eigenvalue weighted by Crippen LogP contribution is 2.27. The Morgan fingerprint density at radius 2 is 2.03 bits per heavy atom. The number of ether oxygens (including phenoxy) is 1. The largest absolute Gasteiger partial charge is 0.482 e. The number of nitrogens with one attached hydrogen (secondary N) is 2. The van der Waals surface area contributed by atoms with Crippen LogP contribution in [0.25, 0.3) is 0 Å². The third-order valence-corrected chi connectivity index (χ3v) is 4.90. The molecule has 0 spiro atoms. The summed E-state index contributed by atoms with van der Waals surface area (Å²) in [5, 5.41) is 9.95. The van der Waals surface area contributed by atoms with Gasteiger partial charge >= 0.3 is 0 Å². The summed E-state index contributed by atoms with van der Waals surface area (Å²) in [5.74, 6) is 0.768. The zero-order valence-electron chi connectivity index (χ0n) is 16.8. The van der Waals surface area contributed by atoms with E-state index >= 15 is 0 Å². The Morgan fingerprint density at radius 1 is 1.31 bits per heavy atom. The van der Waals surface area contributed by atoms with Crippen LogP contribution < -0.4 is 10.1 Å². The highest BCUT2D eigenvalue weighted by Gasteiger charge is 2.13. The number of hydrogen-bond acceptors (Lipinski definition) is 5. The van der Waals surface area contributed by atoms with E-state index in [0.717, 1.165) is 18.7 Å². The SMILES string of the molecule is CCCc1n[nH]c(=S)n1CC(=O)Nc1ccc(OCC(=O)N(CC)CC)c(Cl)c1. The quantitative estimate of drug-likeness (QED) is 0.553. The molecule has 2 N–H and O–H groups in total. The maximum absolute atomic E-state index is 12.4. The molecule has 0 aliphatic heterocycles. The molecule has 2 amide bonds. The summed E-state index contributed by atoms with van der Waals surface area (Å²) in [7, 11) is 0. The second kappa shape index (κ2) is 11.0. The predicted molar refractivity (Wildman–Crippen MR) is 115 cm³/mol. The summed E-state index contributed by atoms with van der Waals surface area (Å²) in [6.07, 6.45) is 1.62. The Labute approximate surface area is 180 Å². The lowest BCUT2D eigenvalue weighted by Gasteiger charge is -2.19. The minimum absolute atomic E-state index is 0.0545. The molecule has 158 valence electrons. The summed E-state index contributed by atoms with van der Waals surface area (Å²) < 4.78 is 7.60. The smallest absolute Gasteiger partial charge is 0.260 e. The lowest BCUT2D eigenvalue weighted by atomic mass is 10.3. The van der Waals surface area contributed by atoms with E-state index in [4.69, 9.17) is 28.6 Å². The van der Waals surface area contributed by atoms with Gasteiger partial charge in [0, 0.05) is 25.2 Å². The van der Waals surface area contributed by atoms with E-state index in [2.05, 4.69) is 15.5 Å². The minimum atomic E-state index is -0.249. The Kier molecular flexibility index (Phi) is 8.66. The Balaban J connectivity index is 1.98. The topological polar surface area (TPSA) is 92.2 Å². The van der Waals surface area contributed by atoms with E-state index in [1.807, 2.05) is 20.8 Å². The summed E-state index contributed by atoms with van der Waals surface area (Å²) in [6, 6.07) is 4.88. The molecule has 0 unspecified atom stereocenters. The molecule has 0 fully saturated rings. The van der Waals surface area contributed by atoms with Crippen molar-refractivity contribution < 1.29 is 14.3 Å². The minimum Gasteiger partial charge on any atom is -0.482 e. The first kappa shape index (κ1) is 22.9. The molecule has 0 saturated carbocycles. The number of aryl methyl sites for hydroxylation is 1. The van der Waals surface area contributed by atoms with Gasteiger partial charge in [-0.3, -0.25) is 19.3 Å². The number of aromatic nitrogens is 3. The van der Waals surface area contributed by atoms with E-state index in [1.54, 1.807) is 27.7 Å². The van der Waals surface area contributed by atoms with Gasteiger partial charge in [0.1, 0.15) is 18.1 Å². The summed E-state index contributed by atoms with van der Waals surface area (Å²) >= 11 is 11.4. The highest BCUT2D eigenvalue weighted by atomic mass is 35.5. The van der Waals surface area contributed by atoms with Crippen molar-refractivity contribution in [2.75, 3.05) is 25.0 Å². The van der Waals surface area contributed by atoms with Gasteiger partial charge in [-0.1, -0.05) is 18.5 Å². The van der Waals surface area contributed by atoms with Crippen LogP contribution >= 0.6 is 23.8 Å². The molecular weight excluding hydrogens is 414 g/mol. The summed E-state index contributed by atoms with van der Waals surface area (Å²) in [4.78, 5) is 26.1. The third kappa shape index (κ3) is 6.30. The van der Waals surface area contributed by atoms with Gasteiger partial charge in [0.05, 0.1) is 5.02 Å². The molecular formula is C19H26ClN5O3S. The van der Waals surface area contributed by atoms with E-state index in [-0.39, 0.29) is 25.0 Å². The molecule has 1 aromatic carbocycles. The van der Waals surface area contributed by atoms with Gasteiger partial charge in [-0.25, -0.2) is 0 Å². The van der Waals surface area contributed by atoms with Crippen LogP contribution in [0.1, 0.15) is 33.0 Å². The number of rotatable bonds is 10. The second-order valence-corrected chi connectivity index (χ2v) is 7.12. The molecule has 0 saturated heterocycles. The molecule has 0 aliphatic rings. The predicted octanol–water partition coefficient (Wildman–Crippen LogP) is 3.43. The summed E-state index contributed by atoms with van der Waals surface area (Å²) in [6.45, 7) is 7.06. The number of anilines is 1. The molecule has 2 aromatic rings. The molecule has 1 aromatic heterocycles. The number of amides is 2. The number of likely N-dealkylation sites (N-methyl/N-ethyl adjacent to an activating group) is 1. The van der Waals surface area contributed by atoms with Gasteiger partial charge in [0.25, 0.3) is 5.91 Å². The number of H-pyrrole nitrogens is 1. The lowest BCUT2D eigenvalue weighted by molar-refractivity contribution is -0.133. The van der Waals surface area contributed by atoms with Crippen molar-refractivity contribution in [2.45, 2.75) is 40.2 Å². The molecule has 0 aliphatic carbocycles. The van der Waals surface area contributed by atoms with Gasteiger partial charge in [0.2, 0.25) is 5.91 Å². The van der Waals surface area contributed by atoms with Crippen LogP contribution in [0.3, 0.4) is 0 Å². The second-order valence-electron chi connectivity index (χ2n) is 6.33. The van der Waals surface area contributed by atoms with Gasteiger partial charge in [0.15, 0.2) is 11.4 Å². The fourth-order valence-electron chi connectivity index (χ4n) is 2.77. The van der Waals surface area contributed by atoms with Crippen LogP contribution in [0.4, 0.5) is 5.69 Å². The van der Waals surface area contributed by atoms with Crippen molar-refractivity contribution in [3.8, 4) is 5.75 Å². The zero-order valence-corrected chi connectivity index (χ0v) is 18.4. The van der Waals surface area contributed by atoms with Crippen molar-refractivity contribution in [3.05, 3.63) is 33.8 Å². The van der Waals surface area contributed by atoms with Gasteiger partial charge in [-0.15, -0.1) is 0 Å². The Morgan fingerprint density at radius 3 is 2.66 bits per heavy atom. The van der Waals surface area contributed by atoms with Crippen molar-refractivity contribution >= 4 is 41.3 Å². The number of aromatic amines is 1. The number of carbonyl (C=O) groups excluding carboxylic acids is 2. The third-order valence-electron chi connectivity index (χ3n) is 4.30. The first-order valence-electron chi connectivity index (χ1n) is 9.53. The van der Waals surface area contributed by atoms with Crippen molar-refractivity contribution in [1.29, 1.82) is 0 Å². The van der Waals surface area contributed by atoms with Crippen LogP contribution in [0, 0.1) is 4.77 Å². The normalized spacial score (nSPS) is 10.6. The molecule has 0 bridgehead atoms. The molecule has 10 heteroatoms. The molecule has 29 heavy (non-hydrogen) atoms. The molecule has 8 nitrogen and oxygen atoms in total. The Bertz CT molecular complexity index is 907. The van der Waals surface area contributed by atoms with Crippen molar-refractivity contribution in [2.24, 2.45) is 0 Å². The van der Waals surface area contributed by atoms with E-state index in [9.17, 15) is 9.59 Å². The zero-order chi connectivity index (χ0) is 21.4. The number of hydrogen-bond donors (Lipinski definition) is 2. The van der Waals surface area contributed by atoms with Crippen LogP contribution in [-0.2, 0) is 22.6 Å².